The van der Waals surface area contributed by atoms with E-state index in [0.717, 1.165) is 18.5 Å². The van der Waals surface area contributed by atoms with Crippen molar-refractivity contribution in [2.45, 2.75) is 25.7 Å². The number of aryl methyl sites for hydroxylation is 1. The lowest BCUT2D eigenvalue weighted by molar-refractivity contribution is -0.134. The predicted octanol–water partition coefficient (Wildman–Crippen LogP) is 2.52. The molecule has 0 bridgehead atoms. The van der Waals surface area contributed by atoms with Crippen molar-refractivity contribution in [2.24, 2.45) is 0 Å². The minimum absolute atomic E-state index is 0.0177. The van der Waals surface area contributed by atoms with Gasteiger partial charge < -0.3 is 14.6 Å². The van der Waals surface area contributed by atoms with Gasteiger partial charge in [-0.05, 0) is 44.0 Å². The Balaban J connectivity index is 1.61. The highest BCUT2D eigenvalue weighted by molar-refractivity contribution is 6.30. The van der Waals surface area contributed by atoms with Crippen molar-refractivity contribution >= 4 is 17.5 Å². The van der Waals surface area contributed by atoms with Crippen molar-refractivity contribution < 1.29 is 9.53 Å². The van der Waals surface area contributed by atoms with Gasteiger partial charge in [-0.2, -0.15) is 0 Å². The molecule has 132 valence electrons. The first-order valence-electron chi connectivity index (χ1n) is 8.25. The van der Waals surface area contributed by atoms with E-state index in [9.17, 15) is 9.59 Å². The Hall–Kier alpha value is -2.34. The van der Waals surface area contributed by atoms with Crippen LogP contribution in [0.15, 0.2) is 35.1 Å². The molecule has 0 radical (unpaired) electrons. The number of aromatic nitrogens is 2. The molecule has 1 aromatic heterocycles. The van der Waals surface area contributed by atoms with E-state index >= 15 is 0 Å². The molecule has 0 aliphatic carbocycles. The second-order valence-electron chi connectivity index (χ2n) is 6.18. The molecule has 2 aromatic rings. The Bertz CT molecular complexity index is 804. The van der Waals surface area contributed by atoms with Gasteiger partial charge in [0.15, 0.2) is 6.61 Å². The van der Waals surface area contributed by atoms with Crippen molar-refractivity contribution in [2.75, 3.05) is 19.7 Å². The van der Waals surface area contributed by atoms with Gasteiger partial charge in [0.1, 0.15) is 11.6 Å². The zero-order valence-electron chi connectivity index (χ0n) is 14.0. The standard InChI is InChI=1S/C18H20ClN3O3/c1-12-20-16(9-17(23)21-12)13-3-2-8-22(10-13)18(24)11-25-15-6-4-14(19)5-7-15/h4-7,9,13H,2-3,8,10-11H2,1H3,(H,20,21,23). The van der Waals surface area contributed by atoms with Gasteiger partial charge in [-0.3, -0.25) is 9.59 Å². The lowest BCUT2D eigenvalue weighted by Crippen LogP contribution is -2.42. The molecule has 1 aliphatic rings. The van der Waals surface area contributed by atoms with Crippen LogP contribution in [0.3, 0.4) is 0 Å². The third kappa shape index (κ3) is 4.60. The van der Waals surface area contributed by atoms with Gasteiger partial charge in [-0.15, -0.1) is 0 Å². The Morgan fingerprint density at radius 3 is 2.88 bits per heavy atom. The molecule has 1 unspecified atom stereocenters. The quantitative estimate of drug-likeness (QED) is 0.907. The summed E-state index contributed by atoms with van der Waals surface area (Å²) in [6, 6.07) is 8.43. The van der Waals surface area contributed by atoms with E-state index in [1.165, 1.54) is 6.07 Å². The van der Waals surface area contributed by atoms with Gasteiger partial charge in [0.05, 0.1) is 5.69 Å². The molecule has 1 amide bonds. The smallest absolute Gasteiger partial charge is 0.260 e. The van der Waals surface area contributed by atoms with E-state index in [0.29, 0.717) is 29.7 Å². The van der Waals surface area contributed by atoms with Crippen LogP contribution in [0.4, 0.5) is 0 Å². The number of hydrogen-bond donors (Lipinski definition) is 1. The Morgan fingerprint density at radius 1 is 1.40 bits per heavy atom. The number of piperidine rings is 1. The number of likely N-dealkylation sites (tertiary alicyclic amines) is 1. The van der Waals surface area contributed by atoms with Gasteiger partial charge in [0, 0.05) is 30.1 Å². The number of carbonyl (C=O) groups excluding carboxylic acids is 1. The second-order valence-corrected chi connectivity index (χ2v) is 6.61. The van der Waals surface area contributed by atoms with Crippen LogP contribution < -0.4 is 10.3 Å². The summed E-state index contributed by atoms with van der Waals surface area (Å²) < 4.78 is 5.53. The molecule has 1 atom stereocenters. The molecule has 6 nitrogen and oxygen atoms in total. The Kier molecular flexibility index (Phi) is 5.38. The summed E-state index contributed by atoms with van der Waals surface area (Å²) in [5, 5.41) is 0.623. The number of aromatic amines is 1. The largest absolute Gasteiger partial charge is 0.484 e. The van der Waals surface area contributed by atoms with Crippen LogP contribution in [0.5, 0.6) is 5.75 Å². The third-order valence-corrected chi connectivity index (χ3v) is 4.50. The second kappa shape index (κ2) is 7.70. The molecule has 0 saturated carbocycles. The number of H-pyrrole nitrogens is 1. The minimum atomic E-state index is -0.156. The summed E-state index contributed by atoms with van der Waals surface area (Å²) in [5.41, 5.74) is 0.592. The molecule has 1 aliphatic heterocycles. The van der Waals surface area contributed by atoms with Crippen LogP contribution in [0.1, 0.15) is 30.3 Å². The van der Waals surface area contributed by atoms with Crippen LogP contribution in [-0.4, -0.2) is 40.5 Å². The maximum atomic E-state index is 12.4. The maximum Gasteiger partial charge on any atom is 0.260 e. The fourth-order valence-corrected chi connectivity index (χ4v) is 3.15. The zero-order valence-corrected chi connectivity index (χ0v) is 14.8. The van der Waals surface area contributed by atoms with E-state index in [2.05, 4.69) is 9.97 Å². The van der Waals surface area contributed by atoms with Gasteiger partial charge in [-0.25, -0.2) is 4.98 Å². The average molecular weight is 362 g/mol. The van der Waals surface area contributed by atoms with Crippen LogP contribution >= 0.6 is 11.6 Å². The van der Waals surface area contributed by atoms with Crippen LogP contribution in [0.2, 0.25) is 5.02 Å². The molecule has 1 N–H and O–H groups in total. The SMILES string of the molecule is Cc1nc(C2CCCN(C(=O)COc3ccc(Cl)cc3)C2)cc(=O)[nH]1. The first-order valence-corrected chi connectivity index (χ1v) is 8.63. The highest BCUT2D eigenvalue weighted by atomic mass is 35.5. The number of nitrogens with zero attached hydrogens (tertiary/aromatic N) is 2. The molecule has 1 fully saturated rings. The fourth-order valence-electron chi connectivity index (χ4n) is 3.02. The topological polar surface area (TPSA) is 75.3 Å². The van der Waals surface area contributed by atoms with E-state index in [-0.39, 0.29) is 24.0 Å². The van der Waals surface area contributed by atoms with Gasteiger partial charge in [-0.1, -0.05) is 11.6 Å². The van der Waals surface area contributed by atoms with Crippen LogP contribution in [0.25, 0.3) is 0 Å². The number of hydrogen-bond acceptors (Lipinski definition) is 4. The molecule has 1 saturated heterocycles. The summed E-state index contributed by atoms with van der Waals surface area (Å²) >= 11 is 5.83. The van der Waals surface area contributed by atoms with Crippen molar-refractivity contribution in [3.63, 3.8) is 0 Å². The van der Waals surface area contributed by atoms with Crippen molar-refractivity contribution in [1.82, 2.24) is 14.9 Å². The average Bonchev–Trinajstić information content (AvgIpc) is 2.60. The first-order chi connectivity index (χ1) is 12.0. The van der Waals surface area contributed by atoms with Crippen LogP contribution in [-0.2, 0) is 4.79 Å². The molecule has 7 heteroatoms. The van der Waals surface area contributed by atoms with E-state index in [1.54, 1.807) is 36.1 Å². The lowest BCUT2D eigenvalue weighted by atomic mass is 9.94. The monoisotopic (exact) mass is 361 g/mol. The number of nitrogens with one attached hydrogen (secondary N) is 1. The fraction of sp³-hybridized carbons (Fsp3) is 0.389. The normalized spacial score (nSPS) is 17.4. The molecule has 1 aromatic carbocycles. The zero-order chi connectivity index (χ0) is 17.8. The number of benzene rings is 1. The van der Waals surface area contributed by atoms with Crippen LogP contribution in [0, 0.1) is 6.92 Å². The summed E-state index contributed by atoms with van der Waals surface area (Å²) in [4.78, 5) is 32.9. The van der Waals surface area contributed by atoms with E-state index in [1.807, 2.05) is 0 Å². The number of ether oxygens (including phenoxy) is 1. The first kappa shape index (κ1) is 17.5. The molecule has 3 rings (SSSR count). The predicted molar refractivity (Wildman–Crippen MR) is 95.1 cm³/mol. The van der Waals surface area contributed by atoms with Gasteiger partial charge >= 0.3 is 0 Å². The summed E-state index contributed by atoms with van der Waals surface area (Å²) in [6.45, 7) is 2.99. The third-order valence-electron chi connectivity index (χ3n) is 4.25. The highest BCUT2D eigenvalue weighted by Crippen LogP contribution is 2.25. The van der Waals surface area contributed by atoms with E-state index < -0.39 is 0 Å². The lowest BCUT2D eigenvalue weighted by Gasteiger charge is -2.32. The Labute approximate surface area is 150 Å². The molecule has 0 spiro atoms. The number of carbonyl (C=O) groups is 1. The van der Waals surface area contributed by atoms with Crippen molar-refractivity contribution in [1.29, 1.82) is 0 Å². The minimum Gasteiger partial charge on any atom is -0.484 e. The number of rotatable bonds is 4. The summed E-state index contributed by atoms with van der Waals surface area (Å²) in [5.74, 6) is 1.21. The van der Waals surface area contributed by atoms with Crippen molar-refractivity contribution in [3.05, 3.63) is 57.2 Å². The highest BCUT2D eigenvalue weighted by Gasteiger charge is 2.26. The summed E-state index contributed by atoms with van der Waals surface area (Å²) in [6.07, 6.45) is 1.79. The number of halogens is 1. The molecule has 25 heavy (non-hydrogen) atoms. The Morgan fingerprint density at radius 2 is 2.16 bits per heavy atom. The van der Waals surface area contributed by atoms with Gasteiger partial charge in [0.2, 0.25) is 0 Å². The summed E-state index contributed by atoms with van der Waals surface area (Å²) in [7, 11) is 0. The molecular weight excluding hydrogens is 342 g/mol. The molecular formula is C18H20ClN3O3. The molecule has 2 heterocycles. The van der Waals surface area contributed by atoms with Crippen molar-refractivity contribution in [3.8, 4) is 5.75 Å². The number of amides is 1. The van der Waals surface area contributed by atoms with Gasteiger partial charge in [0.25, 0.3) is 11.5 Å². The maximum absolute atomic E-state index is 12.4. The van der Waals surface area contributed by atoms with E-state index in [4.69, 9.17) is 16.3 Å².